The lowest BCUT2D eigenvalue weighted by Crippen LogP contribution is -2.16. The molecule has 0 radical (unpaired) electrons. The summed E-state index contributed by atoms with van der Waals surface area (Å²) in [5.74, 6) is 0.969. The molecule has 1 aromatic carbocycles. The summed E-state index contributed by atoms with van der Waals surface area (Å²) in [6, 6.07) is 7.54. The first-order valence-corrected chi connectivity index (χ1v) is 8.49. The van der Waals surface area contributed by atoms with Crippen LogP contribution in [-0.2, 0) is 9.84 Å². The van der Waals surface area contributed by atoms with E-state index in [1.54, 1.807) is 0 Å². The van der Waals surface area contributed by atoms with Crippen LogP contribution >= 0.6 is 0 Å². The smallest absolute Gasteiger partial charge is 0.153 e. The highest BCUT2D eigenvalue weighted by Crippen LogP contribution is 2.18. The van der Waals surface area contributed by atoms with E-state index in [1.807, 2.05) is 38.1 Å². The molecule has 0 bridgehead atoms. The molecule has 4 nitrogen and oxygen atoms in total. The van der Waals surface area contributed by atoms with Crippen LogP contribution in [-0.4, -0.2) is 26.5 Å². The summed E-state index contributed by atoms with van der Waals surface area (Å²) in [5, 5.41) is 0. The third-order valence-electron chi connectivity index (χ3n) is 2.93. The van der Waals surface area contributed by atoms with Gasteiger partial charge in [0.15, 0.2) is 9.84 Å². The van der Waals surface area contributed by atoms with E-state index < -0.39 is 9.84 Å². The van der Waals surface area contributed by atoms with Gasteiger partial charge in [-0.1, -0.05) is 26.0 Å². The lowest BCUT2D eigenvalue weighted by molar-refractivity contribution is 0.340. The molecular weight excluding hydrogens is 262 g/mol. The lowest BCUT2D eigenvalue weighted by atomic mass is 10.1. The molecule has 0 heterocycles. The molecule has 0 saturated heterocycles. The number of hydrogen-bond acceptors (Lipinski definition) is 4. The number of benzene rings is 1. The minimum atomic E-state index is -2.97. The molecule has 0 spiro atoms. The van der Waals surface area contributed by atoms with Gasteiger partial charge in [0.1, 0.15) is 12.4 Å². The molecule has 0 saturated carbocycles. The van der Waals surface area contributed by atoms with Crippen LogP contribution < -0.4 is 10.5 Å². The third kappa shape index (κ3) is 5.61. The summed E-state index contributed by atoms with van der Waals surface area (Å²) in [7, 11) is -2.97. The zero-order valence-corrected chi connectivity index (χ0v) is 12.4. The van der Waals surface area contributed by atoms with E-state index in [2.05, 4.69) is 0 Å². The Balaban J connectivity index is 2.46. The molecule has 108 valence electrons. The number of rotatable bonds is 8. The van der Waals surface area contributed by atoms with Crippen LogP contribution in [0.25, 0.3) is 0 Å². The molecule has 19 heavy (non-hydrogen) atoms. The second-order valence-corrected chi connectivity index (χ2v) is 6.89. The fourth-order valence-electron chi connectivity index (χ4n) is 1.75. The maximum absolute atomic E-state index is 11.5. The highest BCUT2D eigenvalue weighted by molar-refractivity contribution is 7.91. The summed E-state index contributed by atoms with van der Waals surface area (Å²) in [5.41, 5.74) is 6.98. The van der Waals surface area contributed by atoms with Crippen molar-refractivity contribution in [3.05, 3.63) is 29.8 Å². The molecule has 0 aliphatic heterocycles. The van der Waals surface area contributed by atoms with Crippen LogP contribution in [0, 0.1) is 0 Å². The number of ether oxygens (including phenoxy) is 1. The Hall–Kier alpha value is -1.07. The van der Waals surface area contributed by atoms with E-state index >= 15 is 0 Å². The van der Waals surface area contributed by atoms with Gasteiger partial charge in [-0.3, -0.25) is 0 Å². The molecule has 1 rings (SSSR count). The topological polar surface area (TPSA) is 69.4 Å². The van der Waals surface area contributed by atoms with Crippen molar-refractivity contribution < 1.29 is 13.2 Å². The zero-order valence-electron chi connectivity index (χ0n) is 11.6. The molecular formula is C14H23NO3S. The number of sulfone groups is 1. The minimum Gasteiger partial charge on any atom is -0.493 e. The van der Waals surface area contributed by atoms with Gasteiger partial charge < -0.3 is 10.5 Å². The minimum absolute atomic E-state index is 0.0407. The number of nitrogens with two attached hydrogens (primary N) is 1. The predicted molar refractivity (Wildman–Crippen MR) is 78.1 cm³/mol. The van der Waals surface area contributed by atoms with Crippen molar-refractivity contribution in [2.45, 2.75) is 32.7 Å². The van der Waals surface area contributed by atoms with Crippen molar-refractivity contribution in [1.82, 2.24) is 0 Å². The van der Waals surface area contributed by atoms with Crippen LogP contribution in [0.1, 0.15) is 38.3 Å². The third-order valence-corrected chi connectivity index (χ3v) is 4.75. The highest BCUT2D eigenvalue weighted by Gasteiger charge is 2.09. The van der Waals surface area contributed by atoms with Crippen molar-refractivity contribution in [3.8, 4) is 5.75 Å². The van der Waals surface area contributed by atoms with Gasteiger partial charge in [-0.15, -0.1) is 0 Å². The Labute approximate surface area is 115 Å². The van der Waals surface area contributed by atoms with E-state index in [0.717, 1.165) is 12.0 Å². The van der Waals surface area contributed by atoms with Gasteiger partial charge in [0.2, 0.25) is 0 Å². The maximum Gasteiger partial charge on any atom is 0.153 e. The highest BCUT2D eigenvalue weighted by atomic mass is 32.2. The van der Waals surface area contributed by atoms with Gasteiger partial charge in [-0.2, -0.15) is 0 Å². The summed E-state index contributed by atoms with van der Waals surface area (Å²) in [6.45, 7) is 4.09. The molecule has 1 atom stereocenters. The summed E-state index contributed by atoms with van der Waals surface area (Å²) in [6.07, 6.45) is 1.53. The van der Waals surface area contributed by atoms with Crippen molar-refractivity contribution in [2.24, 2.45) is 5.73 Å². The molecule has 5 heteroatoms. The monoisotopic (exact) mass is 285 g/mol. The number of hydrogen-bond donors (Lipinski definition) is 1. The van der Waals surface area contributed by atoms with Gasteiger partial charge in [0, 0.05) is 6.04 Å². The first-order chi connectivity index (χ1) is 8.98. The second kappa shape index (κ2) is 7.50. The zero-order chi connectivity index (χ0) is 14.3. The molecule has 1 aromatic rings. The second-order valence-electron chi connectivity index (χ2n) is 4.58. The predicted octanol–water partition coefficient (Wildman–Crippen LogP) is 2.30. The van der Waals surface area contributed by atoms with E-state index in [0.29, 0.717) is 12.2 Å². The van der Waals surface area contributed by atoms with Gasteiger partial charge in [-0.05, 0) is 30.5 Å². The van der Waals surface area contributed by atoms with E-state index in [1.165, 1.54) is 0 Å². The fourth-order valence-corrected chi connectivity index (χ4v) is 2.91. The Morgan fingerprint density at radius 3 is 2.32 bits per heavy atom. The van der Waals surface area contributed by atoms with E-state index in [-0.39, 0.29) is 24.2 Å². The summed E-state index contributed by atoms with van der Waals surface area (Å²) in [4.78, 5) is 0. The van der Waals surface area contributed by atoms with Gasteiger partial charge in [0.05, 0.1) is 11.5 Å². The van der Waals surface area contributed by atoms with Crippen molar-refractivity contribution in [2.75, 3.05) is 18.1 Å². The Kier molecular flexibility index (Phi) is 6.31. The quantitative estimate of drug-likeness (QED) is 0.795. The molecule has 0 aliphatic carbocycles. The normalized spacial score (nSPS) is 13.2. The SMILES string of the molecule is CCCS(=O)(=O)CCOc1ccc(C(N)CC)cc1. The van der Waals surface area contributed by atoms with Crippen LogP contribution in [0.15, 0.2) is 24.3 Å². The van der Waals surface area contributed by atoms with Gasteiger partial charge in [-0.25, -0.2) is 8.42 Å². The van der Waals surface area contributed by atoms with Crippen LogP contribution in [0.2, 0.25) is 0 Å². The van der Waals surface area contributed by atoms with E-state index in [4.69, 9.17) is 10.5 Å². The van der Waals surface area contributed by atoms with Crippen molar-refractivity contribution >= 4 is 9.84 Å². The average Bonchev–Trinajstić information content (AvgIpc) is 2.38. The van der Waals surface area contributed by atoms with Gasteiger partial charge in [0.25, 0.3) is 0 Å². The molecule has 1 unspecified atom stereocenters. The summed E-state index contributed by atoms with van der Waals surface area (Å²) >= 11 is 0. The lowest BCUT2D eigenvalue weighted by Gasteiger charge is -2.11. The average molecular weight is 285 g/mol. The molecule has 0 aliphatic rings. The van der Waals surface area contributed by atoms with Crippen LogP contribution in [0.4, 0.5) is 0 Å². The molecule has 0 amide bonds. The Morgan fingerprint density at radius 2 is 1.79 bits per heavy atom. The first kappa shape index (κ1) is 16.0. The molecule has 2 N–H and O–H groups in total. The van der Waals surface area contributed by atoms with Crippen LogP contribution in [0.3, 0.4) is 0 Å². The van der Waals surface area contributed by atoms with Gasteiger partial charge >= 0.3 is 0 Å². The van der Waals surface area contributed by atoms with Crippen molar-refractivity contribution in [1.29, 1.82) is 0 Å². The maximum atomic E-state index is 11.5. The van der Waals surface area contributed by atoms with Crippen LogP contribution in [0.5, 0.6) is 5.75 Å². The Morgan fingerprint density at radius 1 is 1.16 bits per heavy atom. The summed E-state index contributed by atoms with van der Waals surface area (Å²) < 4.78 is 28.4. The largest absolute Gasteiger partial charge is 0.493 e. The fraction of sp³-hybridized carbons (Fsp3) is 0.571. The molecule has 0 aromatic heterocycles. The van der Waals surface area contributed by atoms with Crippen molar-refractivity contribution in [3.63, 3.8) is 0 Å². The molecule has 0 fully saturated rings. The standard InChI is InChI=1S/C14H23NO3S/c1-3-10-19(16,17)11-9-18-13-7-5-12(6-8-13)14(15)4-2/h5-8,14H,3-4,9-11,15H2,1-2H3. The van der Waals surface area contributed by atoms with E-state index in [9.17, 15) is 8.42 Å². The first-order valence-electron chi connectivity index (χ1n) is 6.67. The Bertz CT molecular complexity index is 468.